The van der Waals surface area contributed by atoms with Crippen LogP contribution in [0, 0.1) is 0 Å². The maximum Gasteiger partial charge on any atom is 0.168 e. The van der Waals surface area contributed by atoms with Crippen molar-refractivity contribution in [2.45, 2.75) is 0 Å². The van der Waals surface area contributed by atoms with E-state index < -0.39 is 0 Å². The van der Waals surface area contributed by atoms with E-state index in [0.717, 1.165) is 0 Å². The number of aromatic nitrogens is 8. The van der Waals surface area contributed by atoms with E-state index in [0.29, 0.717) is 260 Å². The average Bonchev–Trinajstić information content (AvgIpc) is 1.59. The lowest BCUT2D eigenvalue weighted by Crippen LogP contribution is -2.14. The maximum absolute atomic E-state index is 8.91. The zero-order valence-corrected chi connectivity index (χ0v) is 58.8. The summed E-state index contributed by atoms with van der Waals surface area (Å²) in [4.78, 5) is 38.8. The fourth-order valence-electron chi connectivity index (χ4n) is 10.5. The van der Waals surface area contributed by atoms with Gasteiger partial charge < -0.3 is 125 Å². The Kier molecular flexibility index (Phi) is 37.8. The summed E-state index contributed by atoms with van der Waals surface area (Å²) in [5.74, 6) is 3.19. The minimum absolute atomic E-state index is 0.0342. The molecule has 3 aromatic heterocycles. The van der Waals surface area contributed by atoms with E-state index in [4.69, 9.17) is 145 Å². The van der Waals surface area contributed by atoms with Gasteiger partial charge in [-0.15, -0.1) is 0 Å². The van der Waals surface area contributed by atoms with Crippen LogP contribution in [0.4, 0.5) is 0 Å². The second kappa shape index (κ2) is 48.7. The second-order valence-electron chi connectivity index (χ2n) is 22.4. The third-order valence-corrected chi connectivity index (χ3v) is 15.1. The van der Waals surface area contributed by atoms with Gasteiger partial charge in [0, 0.05) is 21.9 Å². The van der Waals surface area contributed by atoms with E-state index in [9.17, 15) is 0 Å². The monoisotopic (exact) mass is 1460 g/mol. The highest BCUT2D eigenvalue weighted by Crippen LogP contribution is 2.44. The van der Waals surface area contributed by atoms with Gasteiger partial charge in [-0.2, -0.15) is 0 Å². The van der Waals surface area contributed by atoms with Gasteiger partial charge in [0.05, 0.1) is 260 Å². The third kappa shape index (κ3) is 26.6. The van der Waals surface area contributed by atoms with E-state index in [-0.39, 0.29) is 117 Å². The van der Waals surface area contributed by atoms with Crippen LogP contribution in [0.25, 0.3) is 89.7 Å². The molecule has 0 radical (unpaired) electrons. The number of aliphatic hydroxyl groups excluding tert-OH is 4. The number of fused-ring (bicyclic) bond motifs is 20. The molecule has 570 valence electrons. The Morgan fingerprint density at radius 2 is 0.442 bits per heavy atom. The topological polar surface area (TPSA) is 374 Å². The molecule has 0 unspecified atom stereocenters. The number of nitrogens with zero attached hydrogens (tertiary/aromatic N) is 6. The first-order valence-electron chi connectivity index (χ1n) is 35.1. The van der Waals surface area contributed by atoms with E-state index in [2.05, 4.69) is 9.97 Å². The van der Waals surface area contributed by atoms with Crippen LogP contribution in [0.3, 0.4) is 0 Å². The molecule has 0 saturated heterocycles. The van der Waals surface area contributed by atoms with Crippen molar-refractivity contribution >= 4 is 44.1 Å². The van der Waals surface area contributed by atoms with Crippen LogP contribution < -0.4 is 18.9 Å². The molecule has 8 bridgehead atoms. The Hall–Kier alpha value is -7.36. The number of rotatable bonds is 60. The van der Waals surface area contributed by atoms with Gasteiger partial charge in [-0.05, 0) is 24.3 Å². The number of ether oxygens (including phenoxy) is 20. The quantitative estimate of drug-likeness (QED) is 0.0283. The molecule has 7 aromatic rings. The third-order valence-electron chi connectivity index (χ3n) is 15.1. The molecule has 6 N–H and O–H groups in total. The van der Waals surface area contributed by atoms with Crippen LogP contribution in [0.1, 0.15) is 0 Å². The first kappa shape index (κ1) is 80.7. The summed E-state index contributed by atoms with van der Waals surface area (Å²) in [7, 11) is 0. The fraction of sp³-hybridized carbons (Fsp3) is 0.556. The van der Waals surface area contributed by atoms with Gasteiger partial charge in [-0.3, -0.25) is 0 Å². The molecular formula is C72H98N8O24. The molecule has 104 heavy (non-hydrogen) atoms. The Morgan fingerprint density at radius 3 is 0.731 bits per heavy atom. The predicted molar refractivity (Wildman–Crippen MR) is 379 cm³/mol. The first-order chi connectivity index (χ1) is 51.6. The van der Waals surface area contributed by atoms with Crippen LogP contribution >= 0.6 is 0 Å². The Labute approximate surface area is 602 Å². The molecule has 0 amide bonds. The highest BCUT2D eigenvalue weighted by Gasteiger charge is 2.28. The number of H-pyrrole nitrogens is 2. The summed E-state index contributed by atoms with van der Waals surface area (Å²) in [5, 5.41) is 38.2. The second-order valence-corrected chi connectivity index (χ2v) is 22.4. The predicted octanol–water partition coefficient (Wildman–Crippen LogP) is 4.62. The summed E-state index contributed by atoms with van der Waals surface area (Å²) in [6.45, 7) is 11.7. The SMILES string of the molecule is OCCOCCOCCOCCOCCOc1cccc2c1-c1nc-2nc2[nH]c(nc3nc(nc4[nH]c(n1)c1cccc(OCCOCCOCCOCCOCCO)c41)-c1c(OCCOCCOCCOCCOCCO)cccc1-3)c1cccc(OCCOCCOCCOCCOCCO)c21. The van der Waals surface area contributed by atoms with Gasteiger partial charge in [0.2, 0.25) is 0 Å². The molecule has 0 saturated carbocycles. The molecule has 32 nitrogen and oxygen atoms in total. The highest BCUT2D eigenvalue weighted by atomic mass is 16.6. The average molecular weight is 1460 g/mol. The molecule has 0 fully saturated rings. The van der Waals surface area contributed by atoms with Crippen LogP contribution in [0.15, 0.2) is 72.8 Å². The number of benzene rings is 4. The molecule has 5 heterocycles. The lowest BCUT2D eigenvalue weighted by atomic mass is 10.1. The number of aliphatic hydroxyl groups is 4. The Morgan fingerprint density at radius 1 is 0.221 bits per heavy atom. The van der Waals surface area contributed by atoms with Gasteiger partial charge in [-0.25, -0.2) is 29.9 Å². The molecule has 9 rings (SSSR count). The minimum atomic E-state index is -0.0361. The van der Waals surface area contributed by atoms with Crippen molar-refractivity contribution in [2.24, 2.45) is 0 Å². The number of aromatic amines is 2. The van der Waals surface area contributed by atoms with Gasteiger partial charge in [0.15, 0.2) is 23.3 Å². The van der Waals surface area contributed by atoms with Crippen LogP contribution in [-0.4, -0.2) is 325 Å². The van der Waals surface area contributed by atoms with Crippen molar-refractivity contribution in [3.05, 3.63) is 72.8 Å². The number of hydrogen-bond acceptors (Lipinski definition) is 30. The van der Waals surface area contributed by atoms with Crippen molar-refractivity contribution in [3.63, 3.8) is 0 Å². The van der Waals surface area contributed by atoms with Crippen LogP contribution in [0.5, 0.6) is 23.0 Å². The Bertz CT molecular complexity index is 3740. The van der Waals surface area contributed by atoms with Crippen molar-refractivity contribution in [3.8, 4) is 68.5 Å². The molecule has 2 aliphatic rings. The molecule has 2 aliphatic heterocycles. The smallest absolute Gasteiger partial charge is 0.168 e. The summed E-state index contributed by atoms with van der Waals surface area (Å²) in [5.41, 5.74) is 4.01. The number of nitrogens with one attached hydrogen (secondary N) is 2. The van der Waals surface area contributed by atoms with Crippen molar-refractivity contribution in [2.75, 3.05) is 264 Å². The largest absolute Gasteiger partial charge is 0.490 e. The molecular weight excluding hydrogens is 1360 g/mol. The molecule has 4 aromatic carbocycles. The van der Waals surface area contributed by atoms with E-state index >= 15 is 0 Å². The first-order valence-corrected chi connectivity index (χ1v) is 35.1. The van der Waals surface area contributed by atoms with Crippen LogP contribution in [0.2, 0.25) is 0 Å². The van der Waals surface area contributed by atoms with E-state index in [1.165, 1.54) is 0 Å². The highest BCUT2D eigenvalue weighted by molar-refractivity contribution is 6.10. The summed E-state index contributed by atoms with van der Waals surface area (Å²) in [6.07, 6.45) is 0. The van der Waals surface area contributed by atoms with E-state index in [1.54, 1.807) is 0 Å². The molecule has 0 aliphatic carbocycles. The lowest BCUT2D eigenvalue weighted by molar-refractivity contribution is -0.00778. The Balaban J connectivity index is 1.02. The summed E-state index contributed by atoms with van der Waals surface area (Å²) in [6, 6.07) is 22.7. The maximum atomic E-state index is 8.91. The summed E-state index contributed by atoms with van der Waals surface area (Å²) < 4.78 is 116. The van der Waals surface area contributed by atoms with Gasteiger partial charge in [-0.1, -0.05) is 48.5 Å². The van der Waals surface area contributed by atoms with Crippen LogP contribution in [-0.2, 0) is 75.8 Å². The lowest BCUT2D eigenvalue weighted by Gasteiger charge is -2.11. The zero-order chi connectivity index (χ0) is 72.1. The van der Waals surface area contributed by atoms with Gasteiger partial charge in [0.1, 0.15) is 72.0 Å². The normalized spacial score (nSPS) is 11.9. The van der Waals surface area contributed by atoms with Gasteiger partial charge in [0.25, 0.3) is 0 Å². The standard InChI is InChI=1S/C72H98N8O24/c81-13-17-85-21-25-89-29-33-93-37-41-97-45-49-101-57-9-1-5-53-61(57)69-74-65(53)73-66-54-6-2-11-59(103-51-47-99-43-39-95-35-31-91-27-23-87-19-15-83)63(54)71(75-66)80-72-64-56(8-4-12-60(64)104-52-48-100-44-40-96-36-32-92-28-24-88-20-16-84)68(79-72)78-70-62-55(67(76-69)77-70)7-3-10-58(62)102-50-46-98-42-38-94-34-30-90-26-22-86-18-14-82/h1-12,81-84H,13-52H2,(H2,73,74,75,76,77,78,79,80). The molecule has 32 heteroatoms. The summed E-state index contributed by atoms with van der Waals surface area (Å²) >= 11 is 0. The number of hydrogen-bond donors (Lipinski definition) is 6. The zero-order valence-electron chi connectivity index (χ0n) is 58.8. The molecule has 0 atom stereocenters. The van der Waals surface area contributed by atoms with Crippen molar-refractivity contribution in [1.29, 1.82) is 0 Å². The van der Waals surface area contributed by atoms with Crippen molar-refractivity contribution < 1.29 is 115 Å². The molecule has 0 spiro atoms. The van der Waals surface area contributed by atoms with Crippen molar-refractivity contribution in [1.82, 2.24) is 39.9 Å². The fourth-order valence-corrected chi connectivity index (χ4v) is 10.5. The van der Waals surface area contributed by atoms with E-state index in [1.807, 2.05) is 72.8 Å². The minimum Gasteiger partial charge on any atom is -0.490 e. The van der Waals surface area contributed by atoms with Gasteiger partial charge >= 0.3 is 0 Å².